The molecule has 0 saturated carbocycles. The Labute approximate surface area is 159 Å². The highest BCUT2D eigenvalue weighted by Gasteiger charge is 2.06. The minimum absolute atomic E-state index is 0.0350. The lowest BCUT2D eigenvalue weighted by Gasteiger charge is -2.11. The van der Waals surface area contributed by atoms with Gasteiger partial charge in [-0.2, -0.15) is 0 Å². The van der Waals surface area contributed by atoms with Crippen LogP contribution in [0.3, 0.4) is 0 Å². The van der Waals surface area contributed by atoms with Gasteiger partial charge in [-0.3, -0.25) is 9.59 Å². The fourth-order valence-electron chi connectivity index (χ4n) is 2.09. The van der Waals surface area contributed by atoms with Gasteiger partial charge in [-0.1, -0.05) is 30.9 Å². The first-order valence-electron chi connectivity index (χ1n) is 8.49. The van der Waals surface area contributed by atoms with E-state index < -0.39 is 0 Å². The number of amides is 1. The molecule has 0 aliphatic rings. The predicted octanol–water partition coefficient (Wildman–Crippen LogP) is 3.61. The molecule has 5 heteroatoms. The molecule has 0 radical (unpaired) electrons. The maximum atomic E-state index is 12.3. The van der Waals surface area contributed by atoms with Crippen molar-refractivity contribution in [3.8, 4) is 11.5 Å². The molecule has 5 nitrogen and oxygen atoms in total. The van der Waals surface area contributed by atoms with Crippen molar-refractivity contribution in [2.75, 3.05) is 27.3 Å². The quantitative estimate of drug-likeness (QED) is 0.387. The molecule has 0 N–H and O–H groups in total. The highest BCUT2D eigenvalue weighted by molar-refractivity contribution is 6.06. The van der Waals surface area contributed by atoms with Gasteiger partial charge in [0.05, 0.1) is 0 Å². The standard InChI is InChI=1S/C22H23NO4/c1-4-15-26-19-10-5-17(6-11-19)7-14-21(24)18-8-12-20(13-9-18)27-16-22(25)23(2)3/h4-14H,1,15-16H2,2-3H3/b14-7+. The van der Waals surface area contributed by atoms with Crippen LogP contribution in [0.2, 0.25) is 0 Å². The lowest BCUT2D eigenvalue weighted by atomic mass is 10.1. The molecule has 2 rings (SSSR count). The van der Waals surface area contributed by atoms with Crippen LogP contribution in [-0.4, -0.2) is 43.9 Å². The number of ketones is 1. The van der Waals surface area contributed by atoms with Gasteiger partial charge in [0, 0.05) is 19.7 Å². The summed E-state index contributed by atoms with van der Waals surface area (Å²) in [7, 11) is 3.34. The summed E-state index contributed by atoms with van der Waals surface area (Å²) in [5.41, 5.74) is 1.44. The fraction of sp³-hybridized carbons (Fsp3) is 0.182. The smallest absolute Gasteiger partial charge is 0.259 e. The maximum Gasteiger partial charge on any atom is 0.259 e. The van der Waals surface area contributed by atoms with Gasteiger partial charge in [0.15, 0.2) is 12.4 Å². The molecular weight excluding hydrogens is 342 g/mol. The van der Waals surface area contributed by atoms with E-state index in [0.717, 1.165) is 11.3 Å². The van der Waals surface area contributed by atoms with E-state index in [4.69, 9.17) is 9.47 Å². The van der Waals surface area contributed by atoms with E-state index in [2.05, 4.69) is 6.58 Å². The molecule has 0 aliphatic heterocycles. The van der Waals surface area contributed by atoms with E-state index in [-0.39, 0.29) is 18.3 Å². The Morgan fingerprint density at radius 2 is 1.56 bits per heavy atom. The minimum Gasteiger partial charge on any atom is -0.490 e. The first-order valence-corrected chi connectivity index (χ1v) is 8.49. The summed E-state index contributed by atoms with van der Waals surface area (Å²) < 4.78 is 10.8. The Kier molecular flexibility index (Phi) is 7.37. The molecule has 2 aromatic carbocycles. The molecule has 0 unspecified atom stereocenters. The van der Waals surface area contributed by atoms with Crippen molar-refractivity contribution in [2.24, 2.45) is 0 Å². The van der Waals surface area contributed by atoms with Crippen LogP contribution in [0.5, 0.6) is 11.5 Å². The molecular formula is C22H23NO4. The predicted molar refractivity (Wildman–Crippen MR) is 106 cm³/mol. The van der Waals surface area contributed by atoms with Crippen LogP contribution in [0.25, 0.3) is 6.08 Å². The summed E-state index contributed by atoms with van der Waals surface area (Å²) in [4.78, 5) is 25.2. The Morgan fingerprint density at radius 3 is 2.15 bits per heavy atom. The average molecular weight is 365 g/mol. The van der Waals surface area contributed by atoms with Crippen molar-refractivity contribution in [2.45, 2.75) is 0 Å². The number of rotatable bonds is 9. The summed E-state index contributed by atoms with van der Waals surface area (Å²) in [6, 6.07) is 14.1. The second kappa shape index (κ2) is 9.97. The van der Waals surface area contributed by atoms with Crippen LogP contribution in [-0.2, 0) is 4.79 Å². The first-order chi connectivity index (χ1) is 13.0. The number of allylic oxidation sites excluding steroid dienone is 1. The molecule has 140 valence electrons. The van der Waals surface area contributed by atoms with Crippen LogP contribution in [0.4, 0.5) is 0 Å². The Bertz CT molecular complexity index is 805. The Hall–Kier alpha value is -3.34. The Balaban J connectivity index is 1.92. The van der Waals surface area contributed by atoms with Crippen molar-refractivity contribution >= 4 is 17.8 Å². The van der Waals surface area contributed by atoms with Crippen LogP contribution in [0.1, 0.15) is 15.9 Å². The summed E-state index contributed by atoms with van der Waals surface area (Å²) >= 11 is 0. The van der Waals surface area contributed by atoms with Crippen LogP contribution < -0.4 is 9.47 Å². The van der Waals surface area contributed by atoms with E-state index in [1.165, 1.54) is 11.0 Å². The molecule has 0 atom stereocenters. The minimum atomic E-state index is -0.126. The van der Waals surface area contributed by atoms with E-state index in [1.807, 2.05) is 24.3 Å². The third-order valence-corrected chi connectivity index (χ3v) is 3.68. The van der Waals surface area contributed by atoms with Crippen molar-refractivity contribution < 1.29 is 19.1 Å². The fourth-order valence-corrected chi connectivity index (χ4v) is 2.09. The summed E-state index contributed by atoms with van der Waals surface area (Å²) in [6.07, 6.45) is 4.95. The van der Waals surface area contributed by atoms with Gasteiger partial charge in [-0.15, -0.1) is 0 Å². The second-order valence-electron chi connectivity index (χ2n) is 5.97. The normalized spacial score (nSPS) is 10.4. The number of hydrogen-bond donors (Lipinski definition) is 0. The van der Waals surface area contributed by atoms with E-state index in [0.29, 0.717) is 17.9 Å². The van der Waals surface area contributed by atoms with Gasteiger partial charge in [-0.05, 0) is 48.0 Å². The number of likely N-dealkylation sites (N-methyl/N-ethyl adjacent to an activating group) is 1. The van der Waals surface area contributed by atoms with Crippen LogP contribution in [0, 0.1) is 0 Å². The van der Waals surface area contributed by atoms with E-state index in [1.54, 1.807) is 50.5 Å². The highest BCUT2D eigenvalue weighted by Crippen LogP contribution is 2.15. The molecule has 0 heterocycles. The third-order valence-electron chi connectivity index (χ3n) is 3.68. The topological polar surface area (TPSA) is 55.8 Å². The van der Waals surface area contributed by atoms with Crippen molar-refractivity contribution in [1.82, 2.24) is 4.90 Å². The Morgan fingerprint density at radius 1 is 0.963 bits per heavy atom. The molecule has 0 aromatic heterocycles. The van der Waals surface area contributed by atoms with Gasteiger partial charge in [-0.25, -0.2) is 0 Å². The zero-order valence-corrected chi connectivity index (χ0v) is 15.6. The number of benzene rings is 2. The van der Waals surface area contributed by atoms with Gasteiger partial charge in [0.25, 0.3) is 5.91 Å². The molecule has 2 aromatic rings. The SMILES string of the molecule is C=CCOc1ccc(/C=C/C(=O)c2ccc(OCC(=O)N(C)C)cc2)cc1. The third kappa shape index (κ3) is 6.47. The zero-order chi connectivity index (χ0) is 19.6. The summed E-state index contributed by atoms with van der Waals surface area (Å²) in [5, 5.41) is 0. The molecule has 0 aliphatic carbocycles. The van der Waals surface area contributed by atoms with Gasteiger partial charge in [0.1, 0.15) is 18.1 Å². The van der Waals surface area contributed by atoms with Crippen molar-refractivity contribution in [3.05, 3.63) is 78.4 Å². The van der Waals surface area contributed by atoms with Gasteiger partial charge in [0.2, 0.25) is 0 Å². The number of hydrogen-bond acceptors (Lipinski definition) is 4. The highest BCUT2D eigenvalue weighted by atomic mass is 16.5. The van der Waals surface area contributed by atoms with Gasteiger partial charge >= 0.3 is 0 Å². The lowest BCUT2D eigenvalue weighted by Crippen LogP contribution is -2.27. The molecule has 0 saturated heterocycles. The largest absolute Gasteiger partial charge is 0.490 e. The summed E-state index contributed by atoms with van der Waals surface area (Å²) in [5.74, 6) is 1.06. The monoisotopic (exact) mass is 365 g/mol. The lowest BCUT2D eigenvalue weighted by molar-refractivity contribution is -0.130. The van der Waals surface area contributed by atoms with Gasteiger partial charge < -0.3 is 14.4 Å². The number of carbonyl (C=O) groups is 2. The molecule has 0 bridgehead atoms. The molecule has 0 fully saturated rings. The zero-order valence-electron chi connectivity index (χ0n) is 15.6. The molecule has 27 heavy (non-hydrogen) atoms. The number of carbonyl (C=O) groups excluding carboxylic acids is 2. The van der Waals surface area contributed by atoms with Crippen LogP contribution >= 0.6 is 0 Å². The van der Waals surface area contributed by atoms with E-state index in [9.17, 15) is 9.59 Å². The van der Waals surface area contributed by atoms with Crippen LogP contribution in [0.15, 0.2) is 67.3 Å². The number of ether oxygens (including phenoxy) is 2. The average Bonchev–Trinajstić information content (AvgIpc) is 2.69. The summed E-state index contributed by atoms with van der Waals surface area (Å²) in [6.45, 7) is 4.02. The molecule has 1 amide bonds. The maximum absolute atomic E-state index is 12.3. The first kappa shape index (κ1) is 20.0. The number of nitrogens with zero attached hydrogens (tertiary/aromatic N) is 1. The van der Waals surface area contributed by atoms with Crippen molar-refractivity contribution in [3.63, 3.8) is 0 Å². The second-order valence-corrected chi connectivity index (χ2v) is 5.97. The molecule has 0 spiro atoms. The van der Waals surface area contributed by atoms with Crippen molar-refractivity contribution in [1.29, 1.82) is 0 Å². The van der Waals surface area contributed by atoms with E-state index >= 15 is 0 Å².